The van der Waals surface area contributed by atoms with Crippen molar-refractivity contribution in [2.45, 2.75) is 5.41 Å². The van der Waals surface area contributed by atoms with Crippen molar-refractivity contribution in [3.63, 3.8) is 0 Å². The van der Waals surface area contributed by atoms with E-state index in [1.807, 2.05) is 48.5 Å². The summed E-state index contributed by atoms with van der Waals surface area (Å²) in [6.45, 7) is 8.26. The lowest BCUT2D eigenvalue weighted by Crippen LogP contribution is -2.25. The quantitative estimate of drug-likeness (QED) is 0.166. The van der Waals surface area contributed by atoms with Crippen LogP contribution >= 0.6 is 0 Å². The summed E-state index contributed by atoms with van der Waals surface area (Å²) in [5.41, 5.74) is 16.8. The van der Waals surface area contributed by atoms with Crippen LogP contribution in [0, 0.1) is 6.57 Å². The van der Waals surface area contributed by atoms with Crippen LogP contribution in [0.15, 0.2) is 194 Å². The fourth-order valence-corrected chi connectivity index (χ4v) is 9.08. The first-order chi connectivity index (χ1) is 28.2. The standard InChI is InChI=1S/C53H32N4/c1-54-48-25-13-24-47-49(48)43-33-39(30-31-46(43)53(47)44-22-10-8-20-41(44)42-21-9-11-23-45(42)53)38-18-12-19-40(32-38)52-56-50(36-16-6-3-7-17-36)55-51(57-52)37-28-26-35(27-29-37)34-14-4-2-5-15-34/h2-33H. The van der Waals surface area contributed by atoms with Gasteiger partial charge < -0.3 is 0 Å². The molecule has 0 saturated heterocycles. The third kappa shape index (κ3) is 5.03. The molecule has 0 saturated carbocycles. The van der Waals surface area contributed by atoms with Crippen molar-refractivity contribution < 1.29 is 0 Å². The first-order valence-corrected chi connectivity index (χ1v) is 19.1. The molecule has 0 radical (unpaired) electrons. The maximum absolute atomic E-state index is 8.26. The largest absolute Gasteiger partial charge is 0.238 e. The molecule has 57 heavy (non-hydrogen) atoms. The van der Waals surface area contributed by atoms with E-state index < -0.39 is 5.41 Å². The van der Waals surface area contributed by atoms with Crippen molar-refractivity contribution in [1.82, 2.24) is 15.0 Å². The number of benzene rings is 8. The molecule has 0 atom stereocenters. The van der Waals surface area contributed by atoms with Crippen molar-refractivity contribution in [2.24, 2.45) is 0 Å². The van der Waals surface area contributed by atoms with Crippen LogP contribution in [0.2, 0.25) is 0 Å². The summed E-state index contributed by atoms with van der Waals surface area (Å²) in [6, 6.07) is 67.8. The van der Waals surface area contributed by atoms with E-state index in [0.717, 1.165) is 55.6 Å². The number of hydrogen-bond acceptors (Lipinski definition) is 3. The summed E-state index contributed by atoms with van der Waals surface area (Å²) in [5.74, 6) is 1.84. The Morgan fingerprint density at radius 3 is 1.44 bits per heavy atom. The Kier molecular flexibility index (Phi) is 7.42. The summed E-state index contributed by atoms with van der Waals surface area (Å²) in [4.78, 5) is 19.2. The molecule has 9 aromatic rings. The van der Waals surface area contributed by atoms with Crippen LogP contribution in [-0.2, 0) is 5.41 Å². The van der Waals surface area contributed by atoms with E-state index >= 15 is 0 Å². The molecule has 4 heteroatoms. The number of hydrogen-bond donors (Lipinski definition) is 0. The lowest BCUT2D eigenvalue weighted by Gasteiger charge is -2.30. The maximum Gasteiger partial charge on any atom is 0.195 e. The third-order valence-electron chi connectivity index (χ3n) is 11.6. The van der Waals surface area contributed by atoms with Gasteiger partial charge in [0, 0.05) is 16.7 Å². The predicted molar refractivity (Wildman–Crippen MR) is 230 cm³/mol. The van der Waals surface area contributed by atoms with E-state index in [1.165, 1.54) is 27.8 Å². The Balaban J connectivity index is 1.05. The SMILES string of the molecule is [C-]#[N+]c1cccc2c1-c1cc(-c3cccc(-c4nc(-c5ccccc5)nc(-c5ccc(-c6ccccc6)cc5)n4)c3)ccc1C21c2ccccc2-c2ccccc21. The minimum Gasteiger partial charge on any atom is -0.238 e. The smallest absolute Gasteiger partial charge is 0.195 e. The Labute approximate surface area is 331 Å². The van der Waals surface area contributed by atoms with E-state index in [4.69, 9.17) is 21.5 Å². The molecule has 11 rings (SSSR count). The molecule has 0 N–H and O–H groups in total. The molecule has 1 heterocycles. The highest BCUT2D eigenvalue weighted by atomic mass is 15.0. The molecular weight excluding hydrogens is 693 g/mol. The first kappa shape index (κ1) is 32.7. The highest BCUT2D eigenvalue weighted by molar-refractivity contribution is 6.00. The molecule has 8 aromatic carbocycles. The highest BCUT2D eigenvalue weighted by Crippen LogP contribution is 2.64. The second-order valence-corrected chi connectivity index (χ2v) is 14.6. The molecule has 1 aromatic heterocycles. The highest BCUT2D eigenvalue weighted by Gasteiger charge is 2.51. The van der Waals surface area contributed by atoms with Crippen LogP contribution < -0.4 is 0 Å². The fourth-order valence-electron chi connectivity index (χ4n) is 9.08. The summed E-state index contributed by atoms with van der Waals surface area (Å²) in [7, 11) is 0. The lowest BCUT2D eigenvalue weighted by atomic mass is 9.70. The van der Waals surface area contributed by atoms with E-state index in [0.29, 0.717) is 23.2 Å². The second kappa shape index (κ2) is 12.9. The van der Waals surface area contributed by atoms with Gasteiger partial charge in [0.25, 0.3) is 0 Å². The van der Waals surface area contributed by atoms with Gasteiger partial charge in [0.15, 0.2) is 23.2 Å². The fraction of sp³-hybridized carbons (Fsp3) is 0.0189. The van der Waals surface area contributed by atoms with Gasteiger partial charge >= 0.3 is 0 Å². The Morgan fingerprint density at radius 1 is 0.333 bits per heavy atom. The summed E-state index contributed by atoms with van der Waals surface area (Å²) >= 11 is 0. The van der Waals surface area contributed by atoms with Crippen LogP contribution in [0.5, 0.6) is 0 Å². The van der Waals surface area contributed by atoms with Gasteiger partial charge in [0.1, 0.15) is 0 Å². The number of aromatic nitrogens is 3. The minimum absolute atomic E-state index is 0.507. The van der Waals surface area contributed by atoms with E-state index in [9.17, 15) is 0 Å². The predicted octanol–water partition coefficient (Wildman–Crippen LogP) is 13.1. The van der Waals surface area contributed by atoms with Crippen LogP contribution in [0.4, 0.5) is 5.69 Å². The van der Waals surface area contributed by atoms with Crippen molar-refractivity contribution >= 4 is 5.69 Å². The Hall–Kier alpha value is -7.74. The lowest BCUT2D eigenvalue weighted by molar-refractivity contribution is 0.794. The molecule has 1 spiro atoms. The van der Waals surface area contributed by atoms with Gasteiger partial charge in [0.2, 0.25) is 0 Å². The van der Waals surface area contributed by atoms with E-state index in [-0.39, 0.29) is 0 Å². The van der Waals surface area contributed by atoms with Gasteiger partial charge in [-0.05, 0) is 78.9 Å². The summed E-state index contributed by atoms with van der Waals surface area (Å²) < 4.78 is 0. The zero-order valence-electron chi connectivity index (χ0n) is 30.8. The molecule has 4 nitrogen and oxygen atoms in total. The first-order valence-electron chi connectivity index (χ1n) is 19.1. The maximum atomic E-state index is 8.26. The molecule has 0 aliphatic heterocycles. The molecule has 2 aliphatic carbocycles. The van der Waals surface area contributed by atoms with Gasteiger partial charge in [-0.2, -0.15) is 0 Å². The topological polar surface area (TPSA) is 43.0 Å². The van der Waals surface area contributed by atoms with Gasteiger partial charge in [-0.1, -0.05) is 182 Å². The Morgan fingerprint density at radius 2 is 0.772 bits per heavy atom. The molecule has 2 aliphatic rings. The molecule has 0 unspecified atom stereocenters. The monoisotopic (exact) mass is 724 g/mol. The van der Waals surface area contributed by atoms with E-state index in [2.05, 4.69) is 150 Å². The second-order valence-electron chi connectivity index (χ2n) is 14.6. The van der Waals surface area contributed by atoms with Gasteiger partial charge in [-0.15, -0.1) is 0 Å². The zero-order valence-corrected chi connectivity index (χ0v) is 30.8. The minimum atomic E-state index is -0.507. The van der Waals surface area contributed by atoms with Crippen LogP contribution in [-0.4, -0.2) is 15.0 Å². The van der Waals surface area contributed by atoms with Crippen molar-refractivity contribution in [2.75, 3.05) is 0 Å². The molecule has 264 valence electrons. The molecule has 0 amide bonds. The molecule has 0 fully saturated rings. The van der Waals surface area contributed by atoms with Crippen molar-refractivity contribution in [3.05, 3.63) is 228 Å². The van der Waals surface area contributed by atoms with Gasteiger partial charge in [-0.3, -0.25) is 0 Å². The molecule has 0 bridgehead atoms. The Bertz CT molecular complexity index is 3030. The normalized spacial score (nSPS) is 12.7. The number of nitrogens with zero attached hydrogens (tertiary/aromatic N) is 4. The van der Waals surface area contributed by atoms with Crippen LogP contribution in [0.1, 0.15) is 22.3 Å². The summed E-state index contributed by atoms with van der Waals surface area (Å²) in [5, 5.41) is 0. The third-order valence-corrected chi connectivity index (χ3v) is 11.6. The summed E-state index contributed by atoms with van der Waals surface area (Å²) in [6.07, 6.45) is 0. The van der Waals surface area contributed by atoms with E-state index in [1.54, 1.807) is 0 Å². The van der Waals surface area contributed by atoms with Crippen LogP contribution in [0.3, 0.4) is 0 Å². The average Bonchev–Trinajstić information content (AvgIpc) is 3.77. The van der Waals surface area contributed by atoms with Crippen molar-refractivity contribution in [1.29, 1.82) is 0 Å². The van der Waals surface area contributed by atoms with Crippen molar-refractivity contribution in [3.8, 4) is 78.7 Å². The van der Waals surface area contributed by atoms with Gasteiger partial charge in [-0.25, -0.2) is 19.8 Å². The average molecular weight is 725 g/mol. The zero-order chi connectivity index (χ0) is 37.9. The van der Waals surface area contributed by atoms with Crippen LogP contribution in [0.25, 0.3) is 83.5 Å². The van der Waals surface area contributed by atoms with Gasteiger partial charge in [0.05, 0.1) is 12.0 Å². The number of fused-ring (bicyclic) bond motifs is 10. The molecular formula is C53H32N4. The number of rotatable bonds is 5.